The fourth-order valence-electron chi connectivity index (χ4n) is 3.29. The molecule has 1 amide bonds. The molecule has 13 heteroatoms. The molecule has 32 heavy (non-hydrogen) atoms. The Morgan fingerprint density at radius 2 is 1.66 bits per heavy atom. The molecule has 0 bridgehead atoms. The number of hydrogen-bond donors (Lipinski definition) is 1. The Balaban J connectivity index is 1.58. The molecule has 7 nitrogen and oxygen atoms in total. The highest BCUT2D eigenvalue weighted by molar-refractivity contribution is 5.77. The van der Waals surface area contributed by atoms with Crippen molar-refractivity contribution in [3.05, 3.63) is 51.7 Å². The van der Waals surface area contributed by atoms with E-state index in [9.17, 15) is 35.9 Å². The van der Waals surface area contributed by atoms with Crippen LogP contribution < -0.4 is 10.5 Å². The Hall–Kier alpha value is -3.12. The fourth-order valence-corrected chi connectivity index (χ4v) is 3.29. The van der Waals surface area contributed by atoms with Gasteiger partial charge >= 0.3 is 12.4 Å². The van der Waals surface area contributed by atoms with Crippen molar-refractivity contribution in [2.75, 3.05) is 31.1 Å². The number of alkyl halides is 6. The summed E-state index contributed by atoms with van der Waals surface area (Å²) in [5.74, 6) is -0.742. The van der Waals surface area contributed by atoms with Crippen molar-refractivity contribution < 1.29 is 31.1 Å². The van der Waals surface area contributed by atoms with E-state index in [0.29, 0.717) is 25.5 Å². The van der Waals surface area contributed by atoms with Crippen LogP contribution in [0.3, 0.4) is 0 Å². The monoisotopic (exact) mass is 463 g/mol. The Kier molecular flexibility index (Phi) is 6.46. The smallest absolute Gasteiger partial charge is 0.339 e. The van der Waals surface area contributed by atoms with E-state index in [2.05, 4.69) is 15.0 Å². The molecule has 2 aromatic heterocycles. The third-order valence-electron chi connectivity index (χ3n) is 5.16. The summed E-state index contributed by atoms with van der Waals surface area (Å²) in [6.07, 6.45) is -6.85. The molecular weight excluding hydrogens is 444 g/mol. The molecule has 1 atom stereocenters. The second-order valence-electron chi connectivity index (χ2n) is 7.42. The lowest BCUT2D eigenvalue weighted by molar-refractivity contribution is -0.139. The lowest BCUT2D eigenvalue weighted by Crippen LogP contribution is -2.49. The van der Waals surface area contributed by atoms with Crippen LogP contribution in [0.1, 0.15) is 36.0 Å². The van der Waals surface area contributed by atoms with Gasteiger partial charge < -0.3 is 14.8 Å². The second-order valence-corrected chi connectivity index (χ2v) is 7.42. The van der Waals surface area contributed by atoms with Crippen LogP contribution in [0, 0.1) is 0 Å². The largest absolute Gasteiger partial charge is 0.421 e. The van der Waals surface area contributed by atoms with E-state index in [1.807, 2.05) is 0 Å². The van der Waals surface area contributed by atoms with Crippen LogP contribution in [0.15, 0.2) is 29.5 Å². The summed E-state index contributed by atoms with van der Waals surface area (Å²) in [5.41, 5.74) is -3.34. The number of aromatic nitrogens is 3. The SMILES string of the molecule is CC(CC(=O)N1CCN(c2ncc(C(F)(F)F)cn2)CC1)c1c[nH]c(=O)c(C(F)(F)F)c1. The van der Waals surface area contributed by atoms with Crippen molar-refractivity contribution in [2.24, 2.45) is 0 Å². The van der Waals surface area contributed by atoms with Gasteiger partial charge in [0, 0.05) is 51.2 Å². The van der Waals surface area contributed by atoms with E-state index in [0.717, 1.165) is 12.3 Å². The van der Waals surface area contributed by atoms with Crippen molar-refractivity contribution in [3.63, 3.8) is 0 Å². The topological polar surface area (TPSA) is 82.2 Å². The average molecular weight is 463 g/mol. The second kappa shape index (κ2) is 8.79. The van der Waals surface area contributed by atoms with Gasteiger partial charge in [0.15, 0.2) is 0 Å². The number of H-pyrrole nitrogens is 1. The van der Waals surface area contributed by atoms with E-state index in [4.69, 9.17) is 0 Å². The first-order chi connectivity index (χ1) is 14.9. The van der Waals surface area contributed by atoms with E-state index < -0.39 is 35.0 Å². The van der Waals surface area contributed by atoms with Crippen LogP contribution in [0.4, 0.5) is 32.3 Å². The average Bonchev–Trinajstić information content (AvgIpc) is 2.72. The molecule has 2 aromatic rings. The number of amides is 1. The van der Waals surface area contributed by atoms with Gasteiger partial charge in [-0.2, -0.15) is 26.3 Å². The Labute approximate surface area is 178 Å². The number of aromatic amines is 1. The molecule has 0 radical (unpaired) electrons. The number of piperazine rings is 1. The molecule has 0 aliphatic carbocycles. The number of pyridine rings is 1. The minimum absolute atomic E-state index is 0.0693. The molecule has 0 saturated carbocycles. The van der Waals surface area contributed by atoms with Crippen molar-refractivity contribution in [2.45, 2.75) is 31.6 Å². The van der Waals surface area contributed by atoms with E-state index in [-0.39, 0.29) is 36.9 Å². The molecule has 1 N–H and O–H groups in total. The van der Waals surface area contributed by atoms with Crippen LogP contribution in [-0.2, 0) is 17.1 Å². The summed E-state index contributed by atoms with van der Waals surface area (Å²) in [6.45, 7) is 2.69. The summed E-state index contributed by atoms with van der Waals surface area (Å²) < 4.78 is 76.7. The Morgan fingerprint density at radius 1 is 1.06 bits per heavy atom. The van der Waals surface area contributed by atoms with Gasteiger partial charge in [-0.25, -0.2) is 9.97 Å². The number of rotatable bonds is 4. The molecule has 1 saturated heterocycles. The molecule has 1 aliphatic rings. The van der Waals surface area contributed by atoms with Gasteiger partial charge in [0.2, 0.25) is 11.9 Å². The number of nitrogens with one attached hydrogen (secondary N) is 1. The summed E-state index contributed by atoms with van der Waals surface area (Å²) in [7, 11) is 0. The standard InChI is InChI=1S/C19H19F6N5O2/c1-11(12-7-14(19(23,24)25)16(32)26-8-12)6-15(31)29-2-4-30(5-3-29)17-27-9-13(10-28-17)18(20,21)22/h7-11H,2-6H2,1H3,(H,26,32). The number of anilines is 1. The van der Waals surface area contributed by atoms with Gasteiger partial charge in [0.25, 0.3) is 5.56 Å². The lowest BCUT2D eigenvalue weighted by atomic mass is 9.97. The van der Waals surface area contributed by atoms with Gasteiger partial charge in [-0.05, 0) is 17.5 Å². The van der Waals surface area contributed by atoms with E-state index in [1.165, 1.54) is 4.90 Å². The van der Waals surface area contributed by atoms with E-state index in [1.54, 1.807) is 11.8 Å². The van der Waals surface area contributed by atoms with Crippen LogP contribution in [0.2, 0.25) is 0 Å². The van der Waals surface area contributed by atoms with Crippen molar-refractivity contribution in [1.82, 2.24) is 19.9 Å². The van der Waals surface area contributed by atoms with Gasteiger partial charge in [0.1, 0.15) is 5.56 Å². The number of carbonyl (C=O) groups is 1. The summed E-state index contributed by atoms with van der Waals surface area (Å²) in [5, 5.41) is 0. The molecule has 0 spiro atoms. The third kappa shape index (κ3) is 5.37. The zero-order chi connectivity index (χ0) is 23.7. The minimum atomic E-state index is -4.80. The first kappa shape index (κ1) is 23.5. The highest BCUT2D eigenvalue weighted by Crippen LogP contribution is 2.30. The van der Waals surface area contributed by atoms with Crippen LogP contribution >= 0.6 is 0 Å². The Bertz CT molecular complexity index is 1010. The highest BCUT2D eigenvalue weighted by atomic mass is 19.4. The molecule has 3 heterocycles. The van der Waals surface area contributed by atoms with Gasteiger partial charge in [-0.1, -0.05) is 6.92 Å². The zero-order valence-electron chi connectivity index (χ0n) is 16.8. The first-order valence-corrected chi connectivity index (χ1v) is 9.58. The lowest BCUT2D eigenvalue weighted by Gasteiger charge is -2.35. The zero-order valence-corrected chi connectivity index (χ0v) is 16.8. The summed E-state index contributed by atoms with van der Waals surface area (Å²) in [6, 6.07) is 0.747. The fraction of sp³-hybridized carbons (Fsp3) is 0.474. The van der Waals surface area contributed by atoms with Crippen molar-refractivity contribution in [3.8, 4) is 0 Å². The number of halogens is 6. The van der Waals surface area contributed by atoms with Crippen LogP contribution in [0.25, 0.3) is 0 Å². The van der Waals surface area contributed by atoms with Crippen LogP contribution in [0.5, 0.6) is 0 Å². The predicted octanol–water partition coefficient (Wildman–Crippen LogP) is 3.04. The quantitative estimate of drug-likeness (QED) is 0.705. The first-order valence-electron chi connectivity index (χ1n) is 9.58. The molecule has 1 unspecified atom stereocenters. The van der Waals surface area contributed by atoms with Crippen LogP contribution in [-0.4, -0.2) is 51.9 Å². The van der Waals surface area contributed by atoms with E-state index >= 15 is 0 Å². The normalized spacial score (nSPS) is 16.2. The Morgan fingerprint density at radius 3 is 2.19 bits per heavy atom. The molecular formula is C19H19F6N5O2. The molecule has 0 aromatic carbocycles. The molecule has 3 rings (SSSR count). The predicted molar refractivity (Wildman–Crippen MR) is 101 cm³/mol. The highest BCUT2D eigenvalue weighted by Gasteiger charge is 2.35. The van der Waals surface area contributed by atoms with Gasteiger partial charge in [0.05, 0.1) is 5.56 Å². The maximum atomic E-state index is 12.9. The maximum Gasteiger partial charge on any atom is 0.421 e. The number of carbonyl (C=O) groups excluding carboxylic acids is 1. The summed E-state index contributed by atoms with van der Waals surface area (Å²) >= 11 is 0. The molecule has 1 fully saturated rings. The maximum absolute atomic E-state index is 12.9. The number of nitrogens with zero attached hydrogens (tertiary/aromatic N) is 4. The summed E-state index contributed by atoms with van der Waals surface area (Å²) in [4.78, 5) is 36.7. The molecule has 1 aliphatic heterocycles. The number of hydrogen-bond acceptors (Lipinski definition) is 5. The van der Waals surface area contributed by atoms with Crippen molar-refractivity contribution >= 4 is 11.9 Å². The van der Waals surface area contributed by atoms with Crippen molar-refractivity contribution in [1.29, 1.82) is 0 Å². The van der Waals surface area contributed by atoms with Gasteiger partial charge in [-0.3, -0.25) is 9.59 Å². The molecule has 174 valence electrons. The van der Waals surface area contributed by atoms with Gasteiger partial charge in [-0.15, -0.1) is 0 Å². The third-order valence-corrected chi connectivity index (χ3v) is 5.16. The minimum Gasteiger partial charge on any atom is -0.339 e.